The third-order valence-electron chi connectivity index (χ3n) is 2.10. The van der Waals surface area contributed by atoms with Gasteiger partial charge >= 0.3 is 0 Å². The molecule has 6 heteroatoms. The van der Waals surface area contributed by atoms with Crippen LogP contribution in [0.4, 0.5) is 0 Å². The number of hydrogen-bond donors (Lipinski definition) is 2. The Labute approximate surface area is 98.4 Å². The summed E-state index contributed by atoms with van der Waals surface area (Å²) in [4.78, 5) is 22.7. The minimum absolute atomic E-state index is 0. The Morgan fingerprint density at radius 1 is 1.25 bits per heavy atom. The van der Waals surface area contributed by atoms with Crippen LogP contribution >= 0.6 is 12.4 Å². The van der Waals surface area contributed by atoms with Gasteiger partial charge < -0.3 is 10.5 Å². The summed E-state index contributed by atoms with van der Waals surface area (Å²) in [5.74, 6) is -0.392. The summed E-state index contributed by atoms with van der Waals surface area (Å²) in [6.45, 7) is 0.678. The molecule has 3 N–H and O–H groups in total. The third kappa shape index (κ3) is 2.00. The minimum Gasteiger partial charge on any atom is -0.491 e. The summed E-state index contributed by atoms with van der Waals surface area (Å²) in [6.07, 6.45) is 0. The number of nitrogens with two attached hydrogens (primary N) is 1. The highest BCUT2D eigenvalue weighted by atomic mass is 35.5. The van der Waals surface area contributed by atoms with Crippen LogP contribution in [0.2, 0.25) is 0 Å². The molecule has 1 aliphatic rings. The Morgan fingerprint density at radius 2 is 2.00 bits per heavy atom. The molecule has 1 aliphatic heterocycles. The molecule has 1 heterocycles. The Balaban J connectivity index is 0.00000128. The number of ether oxygens (including phenoxy) is 1. The summed E-state index contributed by atoms with van der Waals surface area (Å²) >= 11 is 0. The van der Waals surface area contributed by atoms with Crippen LogP contribution in [0.3, 0.4) is 0 Å². The molecule has 0 spiro atoms. The second kappa shape index (κ2) is 4.96. The van der Waals surface area contributed by atoms with E-state index < -0.39 is 5.91 Å². The molecule has 0 saturated heterocycles. The first-order valence-corrected chi connectivity index (χ1v) is 4.55. The largest absolute Gasteiger partial charge is 0.491 e. The van der Waals surface area contributed by atoms with E-state index in [0.29, 0.717) is 30.0 Å². The molecule has 5 nitrogen and oxygen atoms in total. The highest BCUT2D eigenvalue weighted by Gasteiger charge is 2.29. The van der Waals surface area contributed by atoms with E-state index in [4.69, 9.17) is 10.5 Å². The lowest BCUT2D eigenvalue weighted by Crippen LogP contribution is -2.20. The number of imide groups is 1. The normalized spacial score (nSPS) is 12.8. The summed E-state index contributed by atoms with van der Waals surface area (Å²) in [7, 11) is 0. The first-order valence-electron chi connectivity index (χ1n) is 4.55. The maximum absolute atomic E-state index is 11.4. The number of hydrogen-bond acceptors (Lipinski definition) is 4. The van der Waals surface area contributed by atoms with Gasteiger partial charge in [-0.15, -0.1) is 12.4 Å². The average molecular weight is 243 g/mol. The van der Waals surface area contributed by atoms with Crippen molar-refractivity contribution in [2.45, 2.75) is 0 Å². The van der Waals surface area contributed by atoms with Gasteiger partial charge in [-0.25, -0.2) is 0 Å². The molecule has 0 aromatic heterocycles. The van der Waals surface area contributed by atoms with E-state index in [0.717, 1.165) is 0 Å². The van der Waals surface area contributed by atoms with Crippen LogP contribution in [0.15, 0.2) is 18.2 Å². The minimum atomic E-state index is -0.414. The lowest BCUT2D eigenvalue weighted by Gasteiger charge is -2.06. The number of rotatable bonds is 3. The van der Waals surface area contributed by atoms with Crippen molar-refractivity contribution in [3.8, 4) is 5.75 Å². The Hall–Kier alpha value is -1.59. The SMILES string of the molecule is Cl.NCCOc1cccc2c1C(=O)NC2=O. The van der Waals surface area contributed by atoms with E-state index >= 15 is 0 Å². The van der Waals surface area contributed by atoms with E-state index in [-0.39, 0.29) is 18.3 Å². The zero-order valence-corrected chi connectivity index (χ0v) is 9.17. The van der Waals surface area contributed by atoms with E-state index in [9.17, 15) is 9.59 Å². The number of carbonyl (C=O) groups is 2. The molecule has 0 bridgehead atoms. The van der Waals surface area contributed by atoms with Gasteiger partial charge in [0.15, 0.2) is 0 Å². The van der Waals surface area contributed by atoms with Crippen LogP contribution in [0.1, 0.15) is 20.7 Å². The van der Waals surface area contributed by atoms with Gasteiger partial charge in [-0.3, -0.25) is 14.9 Å². The summed E-state index contributed by atoms with van der Waals surface area (Å²) in [5.41, 5.74) is 5.95. The van der Waals surface area contributed by atoms with Crippen molar-refractivity contribution < 1.29 is 14.3 Å². The standard InChI is InChI=1S/C10H10N2O3.ClH/c11-4-5-15-7-3-1-2-6-8(7)10(14)12-9(6)13;/h1-3H,4-5,11H2,(H,12,13,14);1H. The number of fused-ring (bicyclic) bond motifs is 1. The Kier molecular flexibility index (Phi) is 3.87. The summed E-state index contributed by atoms with van der Waals surface area (Å²) in [6, 6.07) is 4.90. The molecule has 0 saturated carbocycles. The molecule has 2 amide bonds. The number of halogens is 1. The molecule has 0 atom stereocenters. The molecule has 0 radical (unpaired) electrons. The van der Waals surface area contributed by atoms with Gasteiger partial charge in [0, 0.05) is 6.54 Å². The molecular weight excluding hydrogens is 232 g/mol. The lowest BCUT2D eigenvalue weighted by molar-refractivity contribution is 0.0878. The van der Waals surface area contributed by atoms with E-state index in [1.165, 1.54) is 0 Å². The molecule has 16 heavy (non-hydrogen) atoms. The molecule has 0 unspecified atom stereocenters. The van der Waals surface area contributed by atoms with Gasteiger partial charge in [-0.05, 0) is 12.1 Å². The van der Waals surface area contributed by atoms with Crippen LogP contribution < -0.4 is 15.8 Å². The first kappa shape index (κ1) is 12.5. The fourth-order valence-corrected chi connectivity index (χ4v) is 1.48. The molecule has 1 aromatic rings. The second-order valence-electron chi connectivity index (χ2n) is 3.10. The fraction of sp³-hybridized carbons (Fsp3) is 0.200. The molecule has 0 aliphatic carbocycles. The zero-order chi connectivity index (χ0) is 10.8. The van der Waals surface area contributed by atoms with Gasteiger partial charge in [-0.2, -0.15) is 0 Å². The molecular formula is C10H11ClN2O3. The van der Waals surface area contributed by atoms with Crippen LogP contribution in [0, 0.1) is 0 Å². The fourth-order valence-electron chi connectivity index (χ4n) is 1.48. The van der Waals surface area contributed by atoms with Crippen molar-refractivity contribution in [1.29, 1.82) is 0 Å². The summed E-state index contributed by atoms with van der Waals surface area (Å²) in [5, 5.41) is 2.21. The zero-order valence-electron chi connectivity index (χ0n) is 8.36. The van der Waals surface area contributed by atoms with Crippen LogP contribution in [0.25, 0.3) is 0 Å². The van der Waals surface area contributed by atoms with Crippen molar-refractivity contribution in [3.05, 3.63) is 29.3 Å². The highest BCUT2D eigenvalue weighted by Crippen LogP contribution is 2.25. The van der Waals surface area contributed by atoms with Gasteiger partial charge in [0.25, 0.3) is 11.8 Å². The van der Waals surface area contributed by atoms with Gasteiger partial charge in [0.05, 0.1) is 11.1 Å². The van der Waals surface area contributed by atoms with Crippen molar-refractivity contribution >= 4 is 24.2 Å². The van der Waals surface area contributed by atoms with Gasteiger partial charge in [-0.1, -0.05) is 6.07 Å². The molecule has 2 rings (SSSR count). The Morgan fingerprint density at radius 3 is 2.69 bits per heavy atom. The Bertz CT molecular complexity index is 434. The average Bonchev–Trinajstić information content (AvgIpc) is 2.53. The van der Waals surface area contributed by atoms with Crippen LogP contribution in [-0.4, -0.2) is 25.0 Å². The lowest BCUT2D eigenvalue weighted by atomic mass is 10.1. The van der Waals surface area contributed by atoms with Crippen molar-refractivity contribution in [2.75, 3.05) is 13.2 Å². The van der Waals surface area contributed by atoms with E-state index in [1.54, 1.807) is 18.2 Å². The number of carbonyl (C=O) groups excluding carboxylic acids is 2. The third-order valence-corrected chi connectivity index (χ3v) is 2.10. The van der Waals surface area contributed by atoms with E-state index in [2.05, 4.69) is 5.32 Å². The number of amides is 2. The van der Waals surface area contributed by atoms with Gasteiger partial charge in [0.1, 0.15) is 12.4 Å². The smallest absolute Gasteiger partial charge is 0.262 e. The first-order chi connectivity index (χ1) is 7.24. The monoisotopic (exact) mass is 242 g/mol. The van der Waals surface area contributed by atoms with Crippen molar-refractivity contribution in [3.63, 3.8) is 0 Å². The predicted molar refractivity (Wildman–Crippen MR) is 60.0 cm³/mol. The predicted octanol–water partition coefficient (Wildman–Crippen LogP) is 0.329. The highest BCUT2D eigenvalue weighted by molar-refractivity contribution is 6.22. The van der Waals surface area contributed by atoms with Gasteiger partial charge in [0.2, 0.25) is 0 Å². The maximum Gasteiger partial charge on any atom is 0.262 e. The second-order valence-corrected chi connectivity index (χ2v) is 3.10. The van der Waals surface area contributed by atoms with E-state index in [1.807, 2.05) is 0 Å². The quantitative estimate of drug-likeness (QED) is 0.749. The number of benzene rings is 1. The van der Waals surface area contributed by atoms with Crippen molar-refractivity contribution in [1.82, 2.24) is 5.32 Å². The molecule has 1 aromatic carbocycles. The molecule has 86 valence electrons. The van der Waals surface area contributed by atoms with Crippen LogP contribution in [-0.2, 0) is 0 Å². The van der Waals surface area contributed by atoms with Crippen LogP contribution in [0.5, 0.6) is 5.75 Å². The topological polar surface area (TPSA) is 81.4 Å². The number of nitrogens with one attached hydrogen (secondary N) is 1. The maximum atomic E-state index is 11.4. The molecule has 0 fully saturated rings. The van der Waals surface area contributed by atoms with Crippen molar-refractivity contribution in [2.24, 2.45) is 5.73 Å². The summed E-state index contributed by atoms with van der Waals surface area (Å²) < 4.78 is 5.28.